The number of rotatable bonds is 2. The number of carbonyl (C=O) groups is 1. The van der Waals surface area contributed by atoms with Gasteiger partial charge in [-0.3, -0.25) is 0 Å². The van der Waals surface area contributed by atoms with Crippen molar-refractivity contribution in [2.75, 3.05) is 12.0 Å². The zero-order valence-electron chi connectivity index (χ0n) is 9.96. The summed E-state index contributed by atoms with van der Waals surface area (Å²) in [5.74, 6) is -0.258. The van der Waals surface area contributed by atoms with E-state index in [-0.39, 0.29) is 12.0 Å². The molecule has 0 N–H and O–H groups in total. The average molecular weight is 229 g/mol. The molecule has 1 aromatic rings. The van der Waals surface area contributed by atoms with E-state index in [1.54, 1.807) is 0 Å². The first-order valence-electron chi connectivity index (χ1n) is 5.50. The number of esters is 1. The van der Waals surface area contributed by atoms with Gasteiger partial charge in [-0.2, -0.15) is 0 Å². The van der Waals surface area contributed by atoms with Crippen LogP contribution in [0.1, 0.15) is 5.56 Å². The Kier molecular flexibility index (Phi) is 3.28. The molecule has 1 aliphatic rings. The molecule has 1 aliphatic heterocycles. The average Bonchev–Trinajstić information content (AvgIpc) is 2.39. The molecular weight excluding hydrogens is 214 g/mol. The maximum atomic E-state index is 11.7. The number of hydrogen-bond acceptors (Lipinski definition) is 3. The lowest BCUT2D eigenvalue weighted by molar-refractivity contribution is -0.140. The van der Waals surface area contributed by atoms with Crippen LogP contribution >= 0.6 is 0 Å². The minimum Gasteiger partial charge on any atom is -0.467 e. The Bertz CT molecular complexity index is 460. The summed E-state index contributed by atoms with van der Waals surface area (Å²) < 4.78 is 4.80. The molecule has 0 amide bonds. The molecule has 0 aromatic heterocycles. The summed E-state index contributed by atoms with van der Waals surface area (Å²) in [6.07, 6.45) is 7.46. The van der Waals surface area contributed by atoms with E-state index >= 15 is 0 Å². The van der Waals surface area contributed by atoms with E-state index in [0.717, 1.165) is 5.69 Å². The summed E-state index contributed by atoms with van der Waals surface area (Å²) in [4.78, 5) is 13.6. The fourth-order valence-electron chi connectivity index (χ4n) is 1.77. The van der Waals surface area contributed by atoms with E-state index in [1.165, 1.54) is 12.7 Å². The van der Waals surface area contributed by atoms with Crippen molar-refractivity contribution in [3.05, 3.63) is 54.3 Å². The predicted octanol–water partition coefficient (Wildman–Crippen LogP) is 2.43. The van der Waals surface area contributed by atoms with Gasteiger partial charge in [-0.15, -0.1) is 0 Å². The number of methoxy groups -OCH3 is 1. The molecule has 2 rings (SSSR count). The Morgan fingerprint density at radius 1 is 1.24 bits per heavy atom. The van der Waals surface area contributed by atoms with E-state index in [9.17, 15) is 4.79 Å². The van der Waals surface area contributed by atoms with Gasteiger partial charge in [0.2, 0.25) is 0 Å². The zero-order valence-corrected chi connectivity index (χ0v) is 9.96. The standard InChI is InChI=1S/C14H15NO2/c1-11-6-8-12(9-7-11)15-10-4-3-5-13(15)14(16)17-2/h3-10,13H,1-2H3. The minimum atomic E-state index is -0.382. The molecule has 1 unspecified atom stereocenters. The smallest absolute Gasteiger partial charge is 0.332 e. The van der Waals surface area contributed by atoms with Crippen LogP contribution in [0, 0.1) is 6.92 Å². The predicted molar refractivity (Wildman–Crippen MR) is 67.7 cm³/mol. The summed E-state index contributed by atoms with van der Waals surface area (Å²) in [5.41, 5.74) is 2.17. The molecule has 1 aromatic carbocycles. The molecule has 3 heteroatoms. The Morgan fingerprint density at radius 3 is 2.59 bits per heavy atom. The molecule has 0 fully saturated rings. The number of aryl methyl sites for hydroxylation is 1. The second-order valence-corrected chi connectivity index (χ2v) is 3.94. The van der Waals surface area contributed by atoms with Crippen molar-refractivity contribution >= 4 is 11.7 Å². The molecular formula is C14H15NO2. The van der Waals surface area contributed by atoms with Crippen LogP contribution in [0.5, 0.6) is 0 Å². The monoisotopic (exact) mass is 229 g/mol. The lowest BCUT2D eigenvalue weighted by Crippen LogP contribution is -2.38. The van der Waals surface area contributed by atoms with Crippen molar-refractivity contribution in [1.82, 2.24) is 0 Å². The van der Waals surface area contributed by atoms with E-state index < -0.39 is 0 Å². The topological polar surface area (TPSA) is 29.5 Å². The number of allylic oxidation sites excluding steroid dienone is 2. The summed E-state index contributed by atoms with van der Waals surface area (Å²) in [6, 6.07) is 7.66. The lowest BCUT2D eigenvalue weighted by atomic mass is 10.1. The molecule has 0 bridgehead atoms. The first-order valence-corrected chi connectivity index (χ1v) is 5.50. The summed E-state index contributed by atoms with van der Waals surface area (Å²) in [6.45, 7) is 2.04. The zero-order chi connectivity index (χ0) is 12.3. The van der Waals surface area contributed by atoms with Gasteiger partial charge in [-0.05, 0) is 25.1 Å². The van der Waals surface area contributed by atoms with Crippen LogP contribution in [0.4, 0.5) is 5.69 Å². The first kappa shape index (κ1) is 11.5. The van der Waals surface area contributed by atoms with Gasteiger partial charge in [0, 0.05) is 11.9 Å². The third-order valence-electron chi connectivity index (χ3n) is 2.73. The van der Waals surface area contributed by atoms with Crippen LogP contribution in [-0.4, -0.2) is 19.1 Å². The van der Waals surface area contributed by atoms with Gasteiger partial charge in [0.25, 0.3) is 0 Å². The second-order valence-electron chi connectivity index (χ2n) is 3.94. The van der Waals surface area contributed by atoms with Gasteiger partial charge in [-0.25, -0.2) is 4.79 Å². The van der Waals surface area contributed by atoms with Crippen molar-refractivity contribution in [3.63, 3.8) is 0 Å². The number of ether oxygens (including phenoxy) is 1. The highest BCUT2D eigenvalue weighted by atomic mass is 16.5. The van der Waals surface area contributed by atoms with E-state index in [1.807, 2.05) is 60.5 Å². The third-order valence-corrected chi connectivity index (χ3v) is 2.73. The van der Waals surface area contributed by atoms with Gasteiger partial charge in [0.15, 0.2) is 0 Å². The van der Waals surface area contributed by atoms with Crippen molar-refractivity contribution in [1.29, 1.82) is 0 Å². The molecule has 0 spiro atoms. The SMILES string of the molecule is COC(=O)C1C=CC=CN1c1ccc(C)cc1. The Hall–Kier alpha value is -2.03. The maximum Gasteiger partial charge on any atom is 0.332 e. The van der Waals surface area contributed by atoms with E-state index in [0.29, 0.717) is 0 Å². The van der Waals surface area contributed by atoms with Gasteiger partial charge in [-0.1, -0.05) is 29.8 Å². The molecule has 17 heavy (non-hydrogen) atoms. The Morgan fingerprint density at radius 2 is 1.94 bits per heavy atom. The molecule has 1 heterocycles. The molecule has 0 saturated carbocycles. The molecule has 88 valence electrons. The van der Waals surface area contributed by atoms with Gasteiger partial charge in [0.1, 0.15) is 6.04 Å². The van der Waals surface area contributed by atoms with Gasteiger partial charge in [0.05, 0.1) is 7.11 Å². The van der Waals surface area contributed by atoms with Crippen molar-refractivity contribution in [2.24, 2.45) is 0 Å². The highest BCUT2D eigenvalue weighted by Crippen LogP contribution is 2.21. The molecule has 3 nitrogen and oxygen atoms in total. The van der Waals surface area contributed by atoms with Crippen LogP contribution in [-0.2, 0) is 9.53 Å². The number of benzene rings is 1. The second kappa shape index (κ2) is 4.87. The van der Waals surface area contributed by atoms with Crippen LogP contribution in [0.3, 0.4) is 0 Å². The summed E-state index contributed by atoms with van der Waals surface area (Å²) in [5, 5.41) is 0. The van der Waals surface area contributed by atoms with Crippen LogP contribution in [0.25, 0.3) is 0 Å². The Balaban J connectivity index is 2.29. The first-order chi connectivity index (χ1) is 8.22. The van der Waals surface area contributed by atoms with Gasteiger partial charge >= 0.3 is 5.97 Å². The summed E-state index contributed by atoms with van der Waals surface area (Å²) >= 11 is 0. The molecule has 0 saturated heterocycles. The molecule has 0 aliphatic carbocycles. The maximum absolute atomic E-state index is 11.7. The minimum absolute atomic E-state index is 0.258. The van der Waals surface area contributed by atoms with Crippen LogP contribution < -0.4 is 4.90 Å². The number of hydrogen-bond donors (Lipinski definition) is 0. The van der Waals surface area contributed by atoms with Gasteiger partial charge < -0.3 is 9.64 Å². The number of nitrogens with zero attached hydrogens (tertiary/aromatic N) is 1. The fourth-order valence-corrected chi connectivity index (χ4v) is 1.77. The molecule has 0 radical (unpaired) electrons. The van der Waals surface area contributed by atoms with Crippen molar-refractivity contribution in [2.45, 2.75) is 13.0 Å². The highest BCUT2D eigenvalue weighted by Gasteiger charge is 2.24. The largest absolute Gasteiger partial charge is 0.467 e. The van der Waals surface area contributed by atoms with Crippen molar-refractivity contribution < 1.29 is 9.53 Å². The quantitative estimate of drug-likeness (QED) is 0.729. The summed E-state index contributed by atoms with van der Waals surface area (Å²) in [7, 11) is 1.40. The third kappa shape index (κ3) is 2.38. The Labute approximate surface area is 101 Å². The van der Waals surface area contributed by atoms with Crippen LogP contribution in [0.15, 0.2) is 48.7 Å². The fraction of sp³-hybridized carbons (Fsp3) is 0.214. The normalized spacial score (nSPS) is 18.2. The molecule has 1 atom stereocenters. The number of anilines is 1. The van der Waals surface area contributed by atoms with E-state index in [4.69, 9.17) is 4.74 Å². The van der Waals surface area contributed by atoms with E-state index in [2.05, 4.69) is 0 Å². The highest BCUT2D eigenvalue weighted by molar-refractivity contribution is 5.83. The van der Waals surface area contributed by atoms with Crippen molar-refractivity contribution in [3.8, 4) is 0 Å². The number of carbonyl (C=O) groups excluding carboxylic acids is 1. The lowest BCUT2D eigenvalue weighted by Gasteiger charge is -2.28. The van der Waals surface area contributed by atoms with Crippen LogP contribution in [0.2, 0.25) is 0 Å².